The summed E-state index contributed by atoms with van der Waals surface area (Å²) in [5.74, 6) is -0.623. The molecule has 0 aliphatic rings. The molecule has 5 nitrogen and oxygen atoms in total. The van der Waals surface area contributed by atoms with Crippen LogP contribution in [0.3, 0.4) is 0 Å². The Balaban J connectivity index is 1.79. The summed E-state index contributed by atoms with van der Waals surface area (Å²) in [6, 6.07) is 6.33. The number of nitrogens with zero attached hydrogens (tertiary/aromatic N) is 3. The summed E-state index contributed by atoms with van der Waals surface area (Å²) >= 11 is 1.54. The van der Waals surface area contributed by atoms with Crippen molar-refractivity contribution in [2.24, 2.45) is 0 Å². The minimum atomic E-state index is -0.384. The topological polar surface area (TPSA) is 59.8 Å². The molecule has 0 aliphatic carbocycles. The van der Waals surface area contributed by atoms with Gasteiger partial charge in [-0.2, -0.15) is 5.10 Å². The van der Waals surface area contributed by atoms with Crippen LogP contribution in [0.5, 0.6) is 0 Å². The first-order valence-electron chi connectivity index (χ1n) is 7.05. The zero-order chi connectivity index (χ0) is 16.4. The summed E-state index contributed by atoms with van der Waals surface area (Å²) in [7, 11) is 0. The lowest BCUT2D eigenvalue weighted by Crippen LogP contribution is -2.22. The molecule has 0 aliphatic heterocycles. The maximum absolute atomic E-state index is 13.9. The number of thiazole rings is 1. The number of benzene rings is 1. The second kappa shape index (κ2) is 6.29. The average Bonchev–Trinajstić information content (AvgIpc) is 3.12. The number of aryl methyl sites for hydroxylation is 1. The van der Waals surface area contributed by atoms with E-state index in [1.54, 1.807) is 31.3 Å². The Morgan fingerprint density at radius 3 is 2.78 bits per heavy atom. The molecule has 0 saturated carbocycles. The first-order chi connectivity index (χ1) is 11.1. The number of para-hydroxylation sites is 1. The van der Waals surface area contributed by atoms with Gasteiger partial charge >= 0.3 is 0 Å². The molecule has 0 spiro atoms. The molecule has 0 fully saturated rings. The minimum Gasteiger partial charge on any atom is -0.347 e. The van der Waals surface area contributed by atoms with Gasteiger partial charge in [0.2, 0.25) is 0 Å². The van der Waals surface area contributed by atoms with Gasteiger partial charge in [0.05, 0.1) is 29.0 Å². The fourth-order valence-corrected chi connectivity index (χ4v) is 2.98. The lowest BCUT2D eigenvalue weighted by Gasteiger charge is -2.07. The highest BCUT2D eigenvalue weighted by Crippen LogP contribution is 2.17. The van der Waals surface area contributed by atoms with Crippen LogP contribution in [0.15, 0.2) is 36.7 Å². The van der Waals surface area contributed by atoms with Crippen LogP contribution in [0.4, 0.5) is 4.39 Å². The number of carbonyl (C=O) groups is 1. The van der Waals surface area contributed by atoms with Crippen molar-refractivity contribution < 1.29 is 9.18 Å². The number of amides is 1. The van der Waals surface area contributed by atoms with Crippen molar-refractivity contribution in [1.82, 2.24) is 20.1 Å². The molecule has 0 radical (unpaired) electrons. The predicted molar refractivity (Wildman–Crippen MR) is 86.3 cm³/mol. The van der Waals surface area contributed by atoms with Crippen LogP contribution in [0.1, 0.15) is 25.9 Å². The monoisotopic (exact) mass is 330 g/mol. The van der Waals surface area contributed by atoms with Crippen molar-refractivity contribution in [2.45, 2.75) is 20.4 Å². The third-order valence-electron chi connectivity index (χ3n) is 3.43. The highest BCUT2D eigenvalue weighted by Gasteiger charge is 2.16. The predicted octanol–water partition coefficient (Wildman–Crippen LogP) is 3.01. The molecule has 2 aromatic heterocycles. The Hall–Kier alpha value is -2.54. The molecule has 23 heavy (non-hydrogen) atoms. The molecule has 0 atom stereocenters. The third kappa shape index (κ3) is 3.14. The van der Waals surface area contributed by atoms with E-state index in [-0.39, 0.29) is 11.7 Å². The van der Waals surface area contributed by atoms with E-state index in [9.17, 15) is 9.18 Å². The summed E-state index contributed by atoms with van der Waals surface area (Å²) in [5, 5.41) is 7.92. The van der Waals surface area contributed by atoms with Gasteiger partial charge in [0.25, 0.3) is 5.91 Å². The molecular formula is C16H15FN4OS. The Morgan fingerprint density at radius 2 is 2.09 bits per heavy atom. The second-order valence-electron chi connectivity index (χ2n) is 5.04. The van der Waals surface area contributed by atoms with Crippen LogP contribution in [-0.4, -0.2) is 20.7 Å². The summed E-state index contributed by atoms with van der Waals surface area (Å²) in [4.78, 5) is 17.4. The molecule has 1 aromatic carbocycles. The van der Waals surface area contributed by atoms with Gasteiger partial charge in [-0.1, -0.05) is 12.1 Å². The standard InChI is InChI=1S/C16H15FN4OS/c1-10-13(16(22)19-8-12-7-18-11(2)23-12)9-20-21(10)15-6-4-3-5-14(15)17/h3-7,9H,8H2,1-2H3,(H,19,22). The Labute approximate surface area is 136 Å². The second-order valence-corrected chi connectivity index (χ2v) is 6.35. The first-order valence-corrected chi connectivity index (χ1v) is 7.87. The van der Waals surface area contributed by atoms with Gasteiger partial charge in [0.15, 0.2) is 0 Å². The van der Waals surface area contributed by atoms with Crippen LogP contribution in [-0.2, 0) is 6.54 Å². The van der Waals surface area contributed by atoms with Gasteiger partial charge in [0, 0.05) is 11.1 Å². The fourth-order valence-electron chi connectivity index (χ4n) is 2.25. The van der Waals surface area contributed by atoms with Crippen LogP contribution >= 0.6 is 11.3 Å². The lowest BCUT2D eigenvalue weighted by molar-refractivity contribution is 0.0950. The SMILES string of the molecule is Cc1ncc(CNC(=O)c2cnn(-c3ccccc3F)c2C)s1. The highest BCUT2D eigenvalue weighted by molar-refractivity contribution is 7.11. The van der Waals surface area contributed by atoms with E-state index in [4.69, 9.17) is 0 Å². The number of nitrogens with one attached hydrogen (secondary N) is 1. The molecule has 3 rings (SSSR count). The van der Waals surface area contributed by atoms with Gasteiger partial charge in [0.1, 0.15) is 11.5 Å². The molecule has 0 unspecified atom stereocenters. The molecule has 7 heteroatoms. The van der Waals surface area contributed by atoms with Crippen molar-refractivity contribution in [3.05, 3.63) is 63.6 Å². The largest absolute Gasteiger partial charge is 0.347 e. The Bertz CT molecular complexity index is 855. The number of halogens is 1. The zero-order valence-corrected chi connectivity index (χ0v) is 13.5. The lowest BCUT2D eigenvalue weighted by atomic mass is 10.2. The van der Waals surface area contributed by atoms with E-state index in [1.807, 2.05) is 6.92 Å². The van der Waals surface area contributed by atoms with E-state index >= 15 is 0 Å². The Kier molecular flexibility index (Phi) is 4.20. The van der Waals surface area contributed by atoms with Crippen LogP contribution in [0.2, 0.25) is 0 Å². The molecule has 3 aromatic rings. The quantitative estimate of drug-likeness (QED) is 0.800. The van der Waals surface area contributed by atoms with Crippen LogP contribution in [0, 0.1) is 19.7 Å². The van der Waals surface area contributed by atoms with Crippen LogP contribution in [0.25, 0.3) is 5.69 Å². The first kappa shape index (κ1) is 15.4. The van der Waals surface area contributed by atoms with Gasteiger partial charge in [-0.25, -0.2) is 14.1 Å². The van der Waals surface area contributed by atoms with Crippen molar-refractivity contribution in [3.8, 4) is 5.69 Å². The molecule has 118 valence electrons. The number of aromatic nitrogens is 3. The van der Waals surface area contributed by atoms with E-state index in [0.717, 1.165) is 9.88 Å². The molecule has 2 heterocycles. The summed E-state index contributed by atoms with van der Waals surface area (Å²) in [6.07, 6.45) is 3.20. The van der Waals surface area contributed by atoms with Gasteiger partial charge in [-0.15, -0.1) is 11.3 Å². The number of hydrogen-bond donors (Lipinski definition) is 1. The van der Waals surface area contributed by atoms with E-state index in [1.165, 1.54) is 28.3 Å². The highest BCUT2D eigenvalue weighted by atomic mass is 32.1. The number of carbonyl (C=O) groups excluding carboxylic acids is 1. The molecule has 0 saturated heterocycles. The fraction of sp³-hybridized carbons (Fsp3) is 0.188. The van der Waals surface area contributed by atoms with Gasteiger partial charge < -0.3 is 5.32 Å². The Morgan fingerprint density at radius 1 is 1.30 bits per heavy atom. The summed E-state index contributed by atoms with van der Waals surface area (Å²) < 4.78 is 15.3. The van der Waals surface area contributed by atoms with Crippen LogP contribution < -0.4 is 5.32 Å². The van der Waals surface area contributed by atoms with Gasteiger partial charge in [-0.05, 0) is 26.0 Å². The smallest absolute Gasteiger partial charge is 0.255 e. The number of rotatable bonds is 4. The average molecular weight is 330 g/mol. The van der Waals surface area contributed by atoms with E-state index in [0.29, 0.717) is 23.5 Å². The van der Waals surface area contributed by atoms with Crippen molar-refractivity contribution in [1.29, 1.82) is 0 Å². The van der Waals surface area contributed by atoms with E-state index in [2.05, 4.69) is 15.4 Å². The maximum atomic E-state index is 13.9. The van der Waals surface area contributed by atoms with Gasteiger partial charge in [-0.3, -0.25) is 4.79 Å². The molecule has 0 bridgehead atoms. The molecule has 1 N–H and O–H groups in total. The number of hydrogen-bond acceptors (Lipinski definition) is 4. The zero-order valence-electron chi connectivity index (χ0n) is 12.7. The maximum Gasteiger partial charge on any atom is 0.255 e. The molecular weight excluding hydrogens is 315 g/mol. The van der Waals surface area contributed by atoms with Crippen molar-refractivity contribution in [2.75, 3.05) is 0 Å². The van der Waals surface area contributed by atoms with Crippen molar-refractivity contribution >= 4 is 17.2 Å². The molecule has 1 amide bonds. The van der Waals surface area contributed by atoms with E-state index < -0.39 is 0 Å². The normalized spacial score (nSPS) is 10.7. The summed E-state index contributed by atoms with van der Waals surface area (Å²) in [6.45, 7) is 4.07. The minimum absolute atomic E-state index is 0.240. The van der Waals surface area contributed by atoms with Crippen molar-refractivity contribution in [3.63, 3.8) is 0 Å². The summed E-state index contributed by atoms with van der Waals surface area (Å²) in [5.41, 5.74) is 1.34. The third-order valence-corrected chi connectivity index (χ3v) is 4.34.